The van der Waals surface area contributed by atoms with E-state index in [0.717, 1.165) is 11.4 Å². The Morgan fingerprint density at radius 3 is 2.43 bits per heavy atom. The van der Waals surface area contributed by atoms with Gasteiger partial charge in [0, 0.05) is 34.4 Å². The van der Waals surface area contributed by atoms with Crippen LogP contribution in [0.1, 0.15) is 39.3 Å². The number of carbonyl (C=O) groups excluding carboxylic acids is 1. The van der Waals surface area contributed by atoms with E-state index >= 15 is 0 Å². The normalized spacial score (nSPS) is 11.9. The van der Waals surface area contributed by atoms with Gasteiger partial charge in [0.25, 0.3) is 5.91 Å². The number of aromatic nitrogens is 2. The van der Waals surface area contributed by atoms with E-state index in [1.807, 2.05) is 36.7 Å². The Hall–Kier alpha value is -2.53. The van der Waals surface area contributed by atoms with Gasteiger partial charge in [0.05, 0.1) is 11.2 Å². The Balaban J connectivity index is 1.72. The molecule has 23 heavy (non-hydrogen) atoms. The lowest BCUT2D eigenvalue weighted by molar-refractivity contribution is 0.102. The second-order valence-electron chi connectivity index (χ2n) is 5.34. The number of nitrogens with one attached hydrogen (secondary N) is 1. The minimum atomic E-state index is -0.133. The number of hydrogen-bond acceptors (Lipinski definition) is 4. The van der Waals surface area contributed by atoms with Crippen molar-refractivity contribution in [3.63, 3.8) is 0 Å². The van der Waals surface area contributed by atoms with Gasteiger partial charge in [-0.3, -0.25) is 9.78 Å². The van der Waals surface area contributed by atoms with Gasteiger partial charge in [0.1, 0.15) is 0 Å². The SMILES string of the molecule is Cc1ncsc1[C@@H](C)c1ccc(NC(=O)c2ccncc2)cc1. The van der Waals surface area contributed by atoms with Gasteiger partial charge in [0.15, 0.2) is 0 Å². The first-order chi connectivity index (χ1) is 11.1. The van der Waals surface area contributed by atoms with Gasteiger partial charge in [-0.05, 0) is 36.8 Å². The fraction of sp³-hybridized carbons (Fsp3) is 0.167. The minimum absolute atomic E-state index is 0.133. The summed E-state index contributed by atoms with van der Waals surface area (Å²) in [4.78, 5) is 21.6. The molecule has 3 aromatic rings. The summed E-state index contributed by atoms with van der Waals surface area (Å²) in [7, 11) is 0. The molecule has 3 rings (SSSR count). The molecule has 1 N–H and O–H groups in total. The molecule has 0 unspecified atom stereocenters. The first kappa shape index (κ1) is 15.4. The van der Waals surface area contributed by atoms with Crippen LogP contribution in [0, 0.1) is 6.92 Å². The van der Waals surface area contributed by atoms with Crippen LogP contribution in [0.15, 0.2) is 54.3 Å². The summed E-state index contributed by atoms with van der Waals surface area (Å²) < 4.78 is 0. The molecule has 1 atom stereocenters. The van der Waals surface area contributed by atoms with Crippen LogP contribution in [0.25, 0.3) is 0 Å². The highest BCUT2D eigenvalue weighted by Gasteiger charge is 2.13. The molecule has 0 radical (unpaired) electrons. The smallest absolute Gasteiger partial charge is 0.255 e. The predicted octanol–water partition coefficient (Wildman–Crippen LogP) is 4.25. The molecule has 0 spiro atoms. The number of aryl methyl sites for hydroxylation is 1. The molecule has 0 saturated heterocycles. The Kier molecular flexibility index (Phi) is 4.48. The largest absolute Gasteiger partial charge is 0.322 e. The summed E-state index contributed by atoms with van der Waals surface area (Å²) in [5, 5.41) is 2.89. The zero-order valence-electron chi connectivity index (χ0n) is 13.0. The highest BCUT2D eigenvalue weighted by molar-refractivity contribution is 7.09. The van der Waals surface area contributed by atoms with Crippen LogP contribution in [0.3, 0.4) is 0 Å². The van der Waals surface area contributed by atoms with Crippen molar-refractivity contribution in [3.05, 3.63) is 76.0 Å². The fourth-order valence-corrected chi connectivity index (χ4v) is 3.33. The average molecular weight is 323 g/mol. The number of rotatable bonds is 4. The first-order valence-corrected chi connectivity index (χ1v) is 8.24. The van der Waals surface area contributed by atoms with E-state index in [-0.39, 0.29) is 5.91 Å². The Morgan fingerprint density at radius 2 is 1.83 bits per heavy atom. The zero-order chi connectivity index (χ0) is 16.2. The molecule has 2 heterocycles. The molecule has 116 valence electrons. The van der Waals surface area contributed by atoms with Crippen molar-refractivity contribution in [2.75, 3.05) is 5.32 Å². The third-order valence-electron chi connectivity index (χ3n) is 3.79. The number of benzene rings is 1. The van der Waals surface area contributed by atoms with Crippen LogP contribution >= 0.6 is 11.3 Å². The number of hydrogen-bond donors (Lipinski definition) is 1. The van der Waals surface area contributed by atoms with Crippen molar-refractivity contribution < 1.29 is 4.79 Å². The van der Waals surface area contributed by atoms with E-state index < -0.39 is 0 Å². The second kappa shape index (κ2) is 6.71. The molecule has 0 fully saturated rings. The lowest BCUT2D eigenvalue weighted by Crippen LogP contribution is -2.11. The molecule has 0 aliphatic heterocycles. The topological polar surface area (TPSA) is 54.9 Å². The highest BCUT2D eigenvalue weighted by atomic mass is 32.1. The quantitative estimate of drug-likeness (QED) is 0.781. The van der Waals surface area contributed by atoms with Gasteiger partial charge in [-0.25, -0.2) is 4.98 Å². The van der Waals surface area contributed by atoms with Crippen LogP contribution in [-0.2, 0) is 0 Å². The van der Waals surface area contributed by atoms with E-state index in [1.165, 1.54) is 10.4 Å². The average Bonchev–Trinajstić information content (AvgIpc) is 3.02. The van der Waals surface area contributed by atoms with Crippen molar-refractivity contribution >= 4 is 22.9 Å². The summed E-state index contributed by atoms with van der Waals surface area (Å²) in [6, 6.07) is 11.3. The lowest BCUT2D eigenvalue weighted by atomic mass is 9.98. The molecular weight excluding hydrogens is 306 g/mol. The number of amides is 1. The molecule has 1 aromatic carbocycles. The number of carbonyl (C=O) groups is 1. The Morgan fingerprint density at radius 1 is 1.13 bits per heavy atom. The van der Waals surface area contributed by atoms with E-state index in [9.17, 15) is 4.79 Å². The maximum atomic E-state index is 12.1. The summed E-state index contributed by atoms with van der Waals surface area (Å²) in [5.74, 6) is 0.166. The molecule has 5 heteroatoms. The number of anilines is 1. The van der Waals surface area contributed by atoms with Crippen LogP contribution < -0.4 is 5.32 Å². The van der Waals surface area contributed by atoms with Crippen LogP contribution in [0.5, 0.6) is 0 Å². The van der Waals surface area contributed by atoms with Crippen molar-refractivity contribution in [2.45, 2.75) is 19.8 Å². The van der Waals surface area contributed by atoms with Crippen molar-refractivity contribution in [3.8, 4) is 0 Å². The third-order valence-corrected chi connectivity index (χ3v) is 4.90. The van der Waals surface area contributed by atoms with E-state index in [2.05, 4.69) is 22.2 Å². The molecular formula is C18H17N3OS. The second-order valence-corrected chi connectivity index (χ2v) is 6.22. The van der Waals surface area contributed by atoms with Crippen molar-refractivity contribution in [2.24, 2.45) is 0 Å². The van der Waals surface area contributed by atoms with Gasteiger partial charge in [-0.15, -0.1) is 11.3 Å². The highest BCUT2D eigenvalue weighted by Crippen LogP contribution is 2.30. The molecule has 0 aliphatic rings. The van der Waals surface area contributed by atoms with Gasteiger partial charge in [-0.2, -0.15) is 0 Å². The Labute approximate surface area is 139 Å². The monoisotopic (exact) mass is 323 g/mol. The molecule has 0 saturated carbocycles. The predicted molar refractivity (Wildman–Crippen MR) is 93.0 cm³/mol. The molecule has 0 bridgehead atoms. The molecule has 0 aliphatic carbocycles. The molecule has 4 nitrogen and oxygen atoms in total. The maximum absolute atomic E-state index is 12.1. The summed E-state index contributed by atoms with van der Waals surface area (Å²) in [6.45, 7) is 4.21. The summed E-state index contributed by atoms with van der Waals surface area (Å²) >= 11 is 1.68. The lowest BCUT2D eigenvalue weighted by Gasteiger charge is -2.12. The van der Waals surface area contributed by atoms with Gasteiger partial charge in [0.2, 0.25) is 0 Å². The summed E-state index contributed by atoms with van der Waals surface area (Å²) in [6.07, 6.45) is 3.22. The Bertz CT molecular complexity index is 797. The summed E-state index contributed by atoms with van der Waals surface area (Å²) in [5.41, 5.74) is 5.54. The van der Waals surface area contributed by atoms with Crippen LogP contribution in [0.2, 0.25) is 0 Å². The molecule has 2 aromatic heterocycles. The van der Waals surface area contributed by atoms with Gasteiger partial charge in [-0.1, -0.05) is 19.1 Å². The standard InChI is InChI=1S/C18H17N3OS/c1-12(17-13(2)20-11-23-17)14-3-5-16(6-4-14)21-18(22)15-7-9-19-10-8-15/h3-12H,1-2H3,(H,21,22)/t12-/m0/s1. The van der Waals surface area contributed by atoms with E-state index in [4.69, 9.17) is 0 Å². The number of thiazole rings is 1. The molecule has 1 amide bonds. The minimum Gasteiger partial charge on any atom is -0.322 e. The number of pyridine rings is 1. The van der Waals surface area contributed by atoms with Crippen LogP contribution in [-0.4, -0.2) is 15.9 Å². The maximum Gasteiger partial charge on any atom is 0.255 e. The number of nitrogens with zero attached hydrogens (tertiary/aromatic N) is 2. The van der Waals surface area contributed by atoms with E-state index in [1.54, 1.807) is 35.9 Å². The van der Waals surface area contributed by atoms with E-state index in [0.29, 0.717) is 11.5 Å². The van der Waals surface area contributed by atoms with Crippen LogP contribution in [0.4, 0.5) is 5.69 Å². The van der Waals surface area contributed by atoms with Gasteiger partial charge >= 0.3 is 0 Å². The third kappa shape index (κ3) is 3.46. The first-order valence-electron chi connectivity index (χ1n) is 7.36. The van der Waals surface area contributed by atoms with Crippen molar-refractivity contribution in [1.82, 2.24) is 9.97 Å². The van der Waals surface area contributed by atoms with Crippen molar-refractivity contribution in [1.29, 1.82) is 0 Å². The zero-order valence-corrected chi connectivity index (χ0v) is 13.8. The fourth-order valence-electron chi connectivity index (χ4n) is 2.44. The van der Waals surface area contributed by atoms with Gasteiger partial charge < -0.3 is 5.32 Å².